The number of hydrogen-bond donors (Lipinski definition) is 4. The average molecular weight is 494 g/mol. The van der Waals surface area contributed by atoms with E-state index < -0.39 is 6.10 Å². The number of quaternary nitrogens is 1. The van der Waals surface area contributed by atoms with Crippen LogP contribution >= 0.6 is 11.3 Å². The monoisotopic (exact) mass is 493 g/mol. The molecule has 1 aromatic heterocycles. The lowest BCUT2D eigenvalue weighted by molar-refractivity contribution is -0.906. The summed E-state index contributed by atoms with van der Waals surface area (Å²) in [6.45, 7) is 15.0. The summed E-state index contributed by atoms with van der Waals surface area (Å²) in [5, 5.41) is 19.3. The van der Waals surface area contributed by atoms with E-state index >= 15 is 0 Å². The number of rotatable bonds is 9. The summed E-state index contributed by atoms with van der Waals surface area (Å²) in [5.74, 6) is 0.232. The number of carbonyl (C=O) groups is 1. The van der Waals surface area contributed by atoms with Crippen LogP contribution in [-0.4, -0.2) is 68.0 Å². The number of aromatic nitrogens is 1. The molecule has 3 aliphatic rings. The molecule has 4 N–H and O–H groups in total. The van der Waals surface area contributed by atoms with Gasteiger partial charge in [0.15, 0.2) is 5.13 Å². The standard InChI is InChI=1S/C26H44N4O3S/c1-5-6-9-28-25-29-22-18(3)21-23(31)19(7-8-26(21,4)16-20(22)34-25)17(2)24(32)27-10-11-30-12-14-33-15-13-30/h17-19,21,23,31H,5-16H2,1-4H3,(H,27,32)(H,28,29)/p+1/t17-,18-,19-,21+,23-,26-/m0/s1. The first kappa shape index (κ1) is 25.9. The zero-order chi connectivity index (χ0) is 24.3. The molecule has 0 unspecified atom stereocenters. The Morgan fingerprint density at radius 1 is 1.35 bits per heavy atom. The molecule has 34 heavy (non-hydrogen) atoms. The van der Waals surface area contributed by atoms with Gasteiger partial charge in [-0.1, -0.05) is 34.1 Å². The van der Waals surface area contributed by atoms with E-state index in [0.29, 0.717) is 6.54 Å². The molecule has 1 aliphatic heterocycles. The van der Waals surface area contributed by atoms with E-state index in [1.54, 1.807) is 11.3 Å². The third kappa shape index (κ3) is 5.45. The third-order valence-corrected chi connectivity index (χ3v) is 9.79. The van der Waals surface area contributed by atoms with Crippen LogP contribution in [0.1, 0.15) is 69.9 Å². The molecule has 1 aromatic rings. The van der Waals surface area contributed by atoms with Crippen LogP contribution in [0, 0.1) is 23.2 Å². The van der Waals surface area contributed by atoms with Crippen molar-refractivity contribution >= 4 is 22.4 Å². The largest absolute Gasteiger partial charge is 0.392 e. The van der Waals surface area contributed by atoms with Crippen molar-refractivity contribution in [2.75, 3.05) is 51.3 Å². The predicted octanol–water partition coefficient (Wildman–Crippen LogP) is 2.08. The molecule has 1 saturated heterocycles. The number of anilines is 1. The van der Waals surface area contributed by atoms with Crippen molar-refractivity contribution in [2.45, 2.75) is 71.8 Å². The fraction of sp³-hybridized carbons (Fsp3) is 0.846. The Labute approximate surface area is 209 Å². The summed E-state index contributed by atoms with van der Waals surface area (Å²) in [6, 6.07) is 0. The Hall–Kier alpha value is -1.22. The van der Waals surface area contributed by atoms with Crippen molar-refractivity contribution < 1.29 is 19.5 Å². The van der Waals surface area contributed by atoms with Gasteiger partial charge in [0.2, 0.25) is 5.91 Å². The number of morpholine rings is 1. The van der Waals surface area contributed by atoms with Crippen LogP contribution in [0.2, 0.25) is 0 Å². The Balaban J connectivity index is 1.38. The number of fused-ring (bicyclic) bond motifs is 2. The molecule has 0 radical (unpaired) electrons. The number of nitrogens with one attached hydrogen (secondary N) is 3. The van der Waals surface area contributed by atoms with Gasteiger partial charge in [-0.05, 0) is 42.9 Å². The molecule has 192 valence electrons. The van der Waals surface area contributed by atoms with Crippen LogP contribution in [0.3, 0.4) is 0 Å². The molecule has 7 nitrogen and oxygen atoms in total. The highest BCUT2D eigenvalue weighted by atomic mass is 32.1. The summed E-state index contributed by atoms with van der Waals surface area (Å²) in [7, 11) is 0. The molecule has 0 bridgehead atoms. The first-order chi connectivity index (χ1) is 16.3. The highest BCUT2D eigenvalue weighted by molar-refractivity contribution is 7.15. The number of hydrogen-bond acceptors (Lipinski definition) is 6. The van der Waals surface area contributed by atoms with Crippen molar-refractivity contribution in [1.82, 2.24) is 10.3 Å². The molecule has 6 atom stereocenters. The van der Waals surface area contributed by atoms with Gasteiger partial charge in [0.25, 0.3) is 0 Å². The first-order valence-corrected chi connectivity index (χ1v) is 14.3. The minimum atomic E-state index is -0.481. The Bertz CT molecular complexity index is 827. The molecule has 0 aromatic carbocycles. The number of aliphatic hydroxyl groups excluding tert-OH is 1. The lowest BCUT2D eigenvalue weighted by Gasteiger charge is -2.53. The Morgan fingerprint density at radius 2 is 2.12 bits per heavy atom. The summed E-state index contributed by atoms with van der Waals surface area (Å²) < 4.78 is 5.42. The molecule has 2 heterocycles. The smallest absolute Gasteiger partial charge is 0.223 e. The number of ether oxygens (including phenoxy) is 1. The number of unbranched alkanes of at least 4 members (excludes halogenated alkanes) is 1. The van der Waals surface area contributed by atoms with E-state index in [1.165, 1.54) is 16.2 Å². The topological polar surface area (TPSA) is 87.9 Å². The maximum absolute atomic E-state index is 13.0. The highest BCUT2D eigenvalue weighted by Gasteiger charge is 2.53. The molecule has 0 spiro atoms. The number of carbonyl (C=O) groups excluding carboxylic acids is 1. The van der Waals surface area contributed by atoms with Gasteiger partial charge in [-0.15, -0.1) is 11.3 Å². The Morgan fingerprint density at radius 3 is 2.85 bits per heavy atom. The van der Waals surface area contributed by atoms with Gasteiger partial charge in [-0.25, -0.2) is 4.98 Å². The van der Waals surface area contributed by atoms with E-state index in [2.05, 4.69) is 31.4 Å². The van der Waals surface area contributed by atoms with Crippen LogP contribution in [0.5, 0.6) is 0 Å². The van der Waals surface area contributed by atoms with Gasteiger partial charge in [0, 0.05) is 23.3 Å². The van der Waals surface area contributed by atoms with Crippen molar-refractivity contribution in [3.05, 3.63) is 10.6 Å². The summed E-state index contributed by atoms with van der Waals surface area (Å²) in [6.07, 6.45) is 4.77. The molecule has 2 aliphatic carbocycles. The zero-order valence-corrected chi connectivity index (χ0v) is 22.3. The maximum atomic E-state index is 13.0. The van der Waals surface area contributed by atoms with E-state index in [0.717, 1.165) is 75.9 Å². The van der Waals surface area contributed by atoms with E-state index in [9.17, 15) is 9.90 Å². The van der Waals surface area contributed by atoms with Gasteiger partial charge in [-0.2, -0.15) is 0 Å². The van der Waals surface area contributed by atoms with E-state index in [4.69, 9.17) is 9.72 Å². The normalized spacial score (nSPS) is 32.5. The highest BCUT2D eigenvalue weighted by Crippen LogP contribution is 2.57. The van der Waals surface area contributed by atoms with Crippen LogP contribution in [0.25, 0.3) is 0 Å². The molecule has 2 fully saturated rings. The lowest BCUT2D eigenvalue weighted by atomic mass is 9.53. The first-order valence-electron chi connectivity index (χ1n) is 13.4. The quantitative estimate of drug-likeness (QED) is 0.396. The van der Waals surface area contributed by atoms with Crippen molar-refractivity contribution in [2.24, 2.45) is 23.2 Å². The second-order valence-electron chi connectivity index (χ2n) is 11.1. The van der Waals surface area contributed by atoms with Crippen LogP contribution < -0.4 is 15.5 Å². The second-order valence-corrected chi connectivity index (χ2v) is 12.2. The molecule has 4 rings (SSSR count). The minimum Gasteiger partial charge on any atom is -0.392 e. The average Bonchev–Trinajstić information content (AvgIpc) is 3.22. The van der Waals surface area contributed by atoms with Gasteiger partial charge in [-0.3, -0.25) is 4.79 Å². The van der Waals surface area contributed by atoms with Crippen molar-refractivity contribution in [1.29, 1.82) is 0 Å². The number of nitrogens with zero attached hydrogens (tertiary/aromatic N) is 1. The molecular weight excluding hydrogens is 448 g/mol. The lowest BCUT2D eigenvalue weighted by Crippen LogP contribution is -3.14. The molecule has 1 amide bonds. The molecule has 1 saturated carbocycles. The van der Waals surface area contributed by atoms with Gasteiger partial charge >= 0.3 is 0 Å². The number of amides is 1. The minimum absolute atomic E-state index is 0.00130. The van der Waals surface area contributed by atoms with E-state index in [-0.39, 0.29) is 35.0 Å². The zero-order valence-electron chi connectivity index (χ0n) is 21.5. The number of aliphatic hydroxyl groups is 1. The van der Waals surface area contributed by atoms with Crippen molar-refractivity contribution in [3.8, 4) is 0 Å². The van der Waals surface area contributed by atoms with Gasteiger partial charge in [0.1, 0.15) is 13.1 Å². The fourth-order valence-corrected chi connectivity index (χ4v) is 7.91. The van der Waals surface area contributed by atoms with Gasteiger partial charge in [0.05, 0.1) is 38.1 Å². The Kier molecular flexibility index (Phi) is 8.54. The molecular formula is C26H45N4O3S+. The summed E-state index contributed by atoms with van der Waals surface area (Å²) in [4.78, 5) is 20.8. The SMILES string of the molecule is CCCCNc1nc2c(s1)C[C@]1(C)CC[C@@H]([C@H](C)C(=O)NCC[NH+]3CCOCC3)[C@H](O)[C@H]1[C@@H]2C. The van der Waals surface area contributed by atoms with Gasteiger partial charge < -0.3 is 25.4 Å². The maximum Gasteiger partial charge on any atom is 0.223 e. The summed E-state index contributed by atoms with van der Waals surface area (Å²) >= 11 is 1.80. The van der Waals surface area contributed by atoms with Crippen LogP contribution in [0.4, 0.5) is 5.13 Å². The van der Waals surface area contributed by atoms with Crippen molar-refractivity contribution in [3.63, 3.8) is 0 Å². The molecule has 8 heteroatoms. The fourth-order valence-electron chi connectivity index (χ4n) is 6.62. The second kappa shape index (κ2) is 11.2. The predicted molar refractivity (Wildman–Crippen MR) is 137 cm³/mol. The third-order valence-electron chi connectivity index (χ3n) is 8.76. The van der Waals surface area contributed by atoms with E-state index in [1.807, 2.05) is 6.92 Å². The van der Waals surface area contributed by atoms with Crippen LogP contribution in [-0.2, 0) is 16.0 Å². The number of thiazole rings is 1. The summed E-state index contributed by atoms with van der Waals surface area (Å²) in [5.41, 5.74) is 1.22. The van der Waals surface area contributed by atoms with Crippen LogP contribution in [0.15, 0.2) is 0 Å².